The Labute approximate surface area is 148 Å². The topological polar surface area (TPSA) is 115 Å². The number of ketones is 1. The molecule has 0 amide bonds. The average molecular weight is 360 g/mol. The van der Waals surface area contributed by atoms with Crippen LogP contribution in [0.5, 0.6) is 34.5 Å². The van der Waals surface area contributed by atoms with Gasteiger partial charge in [-0.25, -0.2) is 0 Å². The Kier molecular flexibility index (Phi) is 3.58. The fourth-order valence-corrected chi connectivity index (χ4v) is 3.41. The summed E-state index contributed by atoms with van der Waals surface area (Å²) in [6.07, 6.45) is -2.46. The maximum atomic E-state index is 13.1. The Morgan fingerprint density at radius 2 is 1.65 bits per heavy atom. The molecule has 3 N–H and O–H groups in total. The molecule has 136 valence electrons. The molecule has 2 heterocycles. The van der Waals surface area contributed by atoms with Crippen molar-refractivity contribution in [1.29, 1.82) is 0 Å². The Hall–Kier alpha value is -3.13. The van der Waals surface area contributed by atoms with Crippen molar-refractivity contribution in [2.75, 3.05) is 14.2 Å². The molecule has 0 aromatic heterocycles. The molecule has 2 aliphatic heterocycles. The van der Waals surface area contributed by atoms with Gasteiger partial charge in [-0.15, -0.1) is 0 Å². The Morgan fingerprint density at radius 3 is 2.35 bits per heavy atom. The minimum absolute atomic E-state index is 0.0136. The summed E-state index contributed by atoms with van der Waals surface area (Å²) < 4.78 is 21.7. The van der Waals surface area contributed by atoms with E-state index in [2.05, 4.69) is 0 Å². The van der Waals surface area contributed by atoms with Crippen molar-refractivity contribution in [3.8, 4) is 34.5 Å². The van der Waals surface area contributed by atoms with Crippen LogP contribution in [0.25, 0.3) is 0 Å². The minimum atomic E-state index is -1.42. The molecule has 0 saturated heterocycles. The summed E-state index contributed by atoms with van der Waals surface area (Å²) in [6.45, 7) is 0. The van der Waals surface area contributed by atoms with Gasteiger partial charge in [0.1, 0.15) is 28.6 Å². The Balaban J connectivity index is 1.90. The van der Waals surface area contributed by atoms with Crippen LogP contribution in [0.1, 0.15) is 21.8 Å². The van der Waals surface area contributed by atoms with E-state index in [4.69, 9.17) is 18.9 Å². The third-order valence-electron chi connectivity index (χ3n) is 4.57. The zero-order valence-corrected chi connectivity index (χ0v) is 13.9. The van der Waals surface area contributed by atoms with Gasteiger partial charge in [0, 0.05) is 23.8 Å². The number of aliphatic hydroxyl groups is 1. The van der Waals surface area contributed by atoms with E-state index in [0.717, 1.165) is 6.07 Å². The number of ether oxygens (including phenoxy) is 4. The number of carbonyl (C=O) groups excluding carboxylic acids is 1. The number of benzene rings is 2. The number of phenols is 2. The average Bonchev–Trinajstić information content (AvgIpc) is 2.60. The van der Waals surface area contributed by atoms with Gasteiger partial charge in [-0.3, -0.25) is 4.79 Å². The summed E-state index contributed by atoms with van der Waals surface area (Å²) in [4.78, 5) is 13.1. The Bertz CT molecular complexity index is 907. The van der Waals surface area contributed by atoms with Gasteiger partial charge in [-0.2, -0.15) is 0 Å². The van der Waals surface area contributed by atoms with Crippen molar-refractivity contribution in [3.05, 3.63) is 35.4 Å². The molecule has 4 rings (SSSR count). The van der Waals surface area contributed by atoms with Gasteiger partial charge < -0.3 is 34.3 Å². The van der Waals surface area contributed by atoms with Crippen molar-refractivity contribution in [1.82, 2.24) is 0 Å². The fourth-order valence-electron chi connectivity index (χ4n) is 3.41. The third kappa shape index (κ3) is 2.22. The molecule has 0 bridgehead atoms. The molecule has 0 radical (unpaired) electrons. The van der Waals surface area contributed by atoms with Crippen LogP contribution >= 0.6 is 0 Å². The van der Waals surface area contributed by atoms with Crippen LogP contribution < -0.4 is 18.9 Å². The van der Waals surface area contributed by atoms with Gasteiger partial charge in [-0.1, -0.05) is 0 Å². The molecule has 3 unspecified atom stereocenters. The molecule has 26 heavy (non-hydrogen) atoms. The second-order valence-corrected chi connectivity index (χ2v) is 6.02. The van der Waals surface area contributed by atoms with Crippen LogP contribution in [0.2, 0.25) is 0 Å². The highest BCUT2D eigenvalue weighted by atomic mass is 16.6. The van der Waals surface area contributed by atoms with Crippen molar-refractivity contribution in [2.45, 2.75) is 18.3 Å². The molecule has 0 spiro atoms. The minimum Gasteiger partial charge on any atom is -0.508 e. The van der Waals surface area contributed by atoms with Gasteiger partial charge in [0.25, 0.3) is 0 Å². The number of aromatic hydroxyl groups is 2. The van der Waals surface area contributed by atoms with Gasteiger partial charge in [0.2, 0.25) is 6.29 Å². The molecular weight excluding hydrogens is 344 g/mol. The first-order valence-corrected chi connectivity index (χ1v) is 7.82. The molecule has 2 aliphatic rings. The predicted octanol–water partition coefficient (Wildman–Crippen LogP) is 1.55. The molecule has 8 nitrogen and oxygen atoms in total. The van der Waals surface area contributed by atoms with Crippen molar-refractivity contribution in [2.24, 2.45) is 0 Å². The smallest absolute Gasteiger partial charge is 0.235 e. The summed E-state index contributed by atoms with van der Waals surface area (Å²) >= 11 is 0. The van der Waals surface area contributed by atoms with E-state index in [1.54, 1.807) is 6.07 Å². The van der Waals surface area contributed by atoms with E-state index in [1.165, 1.54) is 26.4 Å². The number of Topliss-reactive ketones (excluding diaryl/α,β-unsaturated/α-hetero) is 1. The van der Waals surface area contributed by atoms with Crippen LogP contribution in [0.4, 0.5) is 0 Å². The number of fused-ring (bicyclic) bond motifs is 4. The second-order valence-electron chi connectivity index (χ2n) is 6.02. The molecule has 3 atom stereocenters. The van der Waals surface area contributed by atoms with Crippen LogP contribution in [-0.2, 0) is 0 Å². The second kappa shape index (κ2) is 5.70. The molecule has 0 saturated carbocycles. The largest absolute Gasteiger partial charge is 0.508 e. The number of aliphatic hydroxyl groups excluding tert-OH is 1. The SMILES string of the molecule is COc1cc2c(cc1OC)C1C(=O)c3c(O)cc(O)cc3OC1C(O)O2. The van der Waals surface area contributed by atoms with E-state index in [1.807, 2.05) is 0 Å². The third-order valence-corrected chi connectivity index (χ3v) is 4.57. The number of phenolic OH excluding ortho intramolecular Hbond substituents is 2. The molecular formula is C18H16O8. The summed E-state index contributed by atoms with van der Waals surface area (Å²) in [7, 11) is 2.92. The highest BCUT2D eigenvalue weighted by Crippen LogP contribution is 2.49. The Morgan fingerprint density at radius 1 is 0.962 bits per heavy atom. The van der Waals surface area contributed by atoms with Crippen molar-refractivity contribution >= 4 is 5.78 Å². The maximum absolute atomic E-state index is 13.1. The molecule has 0 fully saturated rings. The lowest BCUT2D eigenvalue weighted by Crippen LogP contribution is -2.49. The highest BCUT2D eigenvalue weighted by Gasteiger charge is 2.49. The monoisotopic (exact) mass is 360 g/mol. The fraction of sp³-hybridized carbons (Fsp3) is 0.278. The first kappa shape index (κ1) is 16.3. The van der Waals surface area contributed by atoms with Crippen LogP contribution in [-0.4, -0.2) is 47.7 Å². The number of methoxy groups -OCH3 is 2. The molecule has 2 aromatic carbocycles. The maximum Gasteiger partial charge on any atom is 0.235 e. The first-order chi connectivity index (χ1) is 12.4. The zero-order chi connectivity index (χ0) is 18.6. The van der Waals surface area contributed by atoms with E-state index < -0.39 is 29.8 Å². The van der Waals surface area contributed by atoms with Crippen molar-refractivity contribution in [3.63, 3.8) is 0 Å². The van der Waals surface area contributed by atoms with Crippen LogP contribution in [0.15, 0.2) is 24.3 Å². The summed E-state index contributed by atoms with van der Waals surface area (Å²) in [6, 6.07) is 5.38. The standard InChI is InChI=1S/C18H16O8/c1-23-11-5-8-10(6-12(11)24-2)26-18(22)17-14(8)16(21)15-9(20)3-7(19)4-13(15)25-17/h3-6,14,17-20,22H,1-2H3. The molecule has 8 heteroatoms. The quantitative estimate of drug-likeness (QED) is 0.739. The van der Waals surface area contributed by atoms with Crippen LogP contribution in [0.3, 0.4) is 0 Å². The van der Waals surface area contributed by atoms with Crippen molar-refractivity contribution < 1.29 is 39.1 Å². The lowest BCUT2D eigenvalue weighted by molar-refractivity contribution is -0.112. The molecule has 2 aromatic rings. The van der Waals surface area contributed by atoms with E-state index in [0.29, 0.717) is 17.1 Å². The summed E-state index contributed by atoms with van der Waals surface area (Å²) in [5.41, 5.74) is 0.389. The lowest BCUT2D eigenvalue weighted by atomic mass is 9.81. The number of rotatable bonds is 2. The van der Waals surface area contributed by atoms with E-state index >= 15 is 0 Å². The zero-order valence-electron chi connectivity index (χ0n) is 13.9. The number of hydrogen-bond acceptors (Lipinski definition) is 8. The van der Waals surface area contributed by atoms with Crippen LogP contribution in [0, 0.1) is 0 Å². The van der Waals surface area contributed by atoms with Gasteiger partial charge in [0.15, 0.2) is 23.4 Å². The number of hydrogen-bond donors (Lipinski definition) is 3. The normalized spacial score (nSPS) is 23.0. The van der Waals surface area contributed by atoms with Gasteiger partial charge in [-0.05, 0) is 6.07 Å². The van der Waals surface area contributed by atoms with E-state index in [9.17, 15) is 20.1 Å². The number of carbonyl (C=O) groups is 1. The first-order valence-electron chi connectivity index (χ1n) is 7.82. The van der Waals surface area contributed by atoms with Gasteiger partial charge >= 0.3 is 0 Å². The molecule has 0 aliphatic carbocycles. The van der Waals surface area contributed by atoms with Gasteiger partial charge in [0.05, 0.1) is 20.1 Å². The highest BCUT2D eigenvalue weighted by molar-refractivity contribution is 6.07. The summed E-state index contributed by atoms with van der Waals surface area (Å²) in [5.74, 6) is -1.01. The predicted molar refractivity (Wildman–Crippen MR) is 87.4 cm³/mol. The van der Waals surface area contributed by atoms with E-state index in [-0.39, 0.29) is 22.8 Å². The summed E-state index contributed by atoms with van der Waals surface area (Å²) in [5, 5.41) is 30.0. The lowest BCUT2D eigenvalue weighted by Gasteiger charge is -2.39.